The van der Waals surface area contributed by atoms with Crippen LogP contribution >= 0.6 is 11.8 Å². The van der Waals surface area contributed by atoms with Crippen LogP contribution in [0.15, 0.2) is 12.4 Å². The number of aromatic nitrogens is 2. The second-order valence-corrected chi connectivity index (χ2v) is 4.69. The second kappa shape index (κ2) is 2.78. The number of nitrogens with zero attached hydrogens (tertiary/aromatic N) is 1. The Morgan fingerprint density at radius 2 is 2.67 bits per heavy atom. The van der Waals surface area contributed by atoms with E-state index in [1.807, 2.05) is 18.0 Å². The number of hydrogen-bond acceptors (Lipinski definition) is 3. The number of rotatable bonds is 1. The van der Waals surface area contributed by atoms with Crippen LogP contribution in [0.5, 0.6) is 0 Å². The Morgan fingerprint density at radius 1 is 1.83 bits per heavy atom. The predicted molar refractivity (Wildman–Crippen MR) is 51.0 cm³/mol. The third kappa shape index (κ3) is 1.06. The van der Waals surface area contributed by atoms with Gasteiger partial charge in [0.25, 0.3) is 0 Å². The van der Waals surface area contributed by atoms with Crippen LogP contribution in [0.1, 0.15) is 19.2 Å². The lowest BCUT2D eigenvalue weighted by Crippen LogP contribution is -2.42. The lowest BCUT2D eigenvalue weighted by molar-refractivity contribution is 0.424. The van der Waals surface area contributed by atoms with Crippen LogP contribution < -0.4 is 5.73 Å². The molecule has 3 nitrogen and oxygen atoms in total. The van der Waals surface area contributed by atoms with Crippen molar-refractivity contribution in [3.63, 3.8) is 0 Å². The zero-order chi connectivity index (χ0) is 8.60. The minimum Gasteiger partial charge on any atom is -0.347 e. The molecule has 2 atom stereocenters. The monoisotopic (exact) mass is 183 g/mol. The molecular weight excluding hydrogens is 170 g/mol. The molecule has 2 rings (SSSR count). The van der Waals surface area contributed by atoms with Crippen molar-refractivity contribution in [2.45, 2.75) is 24.1 Å². The summed E-state index contributed by atoms with van der Waals surface area (Å²) >= 11 is 1.92. The maximum atomic E-state index is 6.25. The highest BCUT2D eigenvalue weighted by atomic mass is 32.2. The summed E-state index contributed by atoms with van der Waals surface area (Å²) in [5.41, 5.74) is 6.03. The Morgan fingerprint density at radius 3 is 3.17 bits per heavy atom. The molecular formula is C8H13N3S. The molecule has 66 valence electrons. The van der Waals surface area contributed by atoms with Gasteiger partial charge in [-0.2, -0.15) is 11.8 Å². The molecule has 0 unspecified atom stereocenters. The molecule has 0 radical (unpaired) electrons. The van der Waals surface area contributed by atoms with Crippen LogP contribution in [0.4, 0.5) is 0 Å². The summed E-state index contributed by atoms with van der Waals surface area (Å²) in [5.74, 6) is 2.07. The number of nitrogens with one attached hydrogen (secondary N) is 1. The molecule has 2 heterocycles. The molecule has 1 saturated heterocycles. The molecule has 0 aromatic carbocycles. The van der Waals surface area contributed by atoms with Crippen molar-refractivity contribution in [3.8, 4) is 0 Å². The van der Waals surface area contributed by atoms with E-state index in [0.29, 0.717) is 5.25 Å². The SMILES string of the molecule is C[C@@H]1SCC[C@]1(N)c1ncc[nH]1. The molecule has 12 heavy (non-hydrogen) atoms. The van der Waals surface area contributed by atoms with Gasteiger partial charge >= 0.3 is 0 Å². The number of aromatic amines is 1. The summed E-state index contributed by atoms with van der Waals surface area (Å²) in [6, 6.07) is 0. The predicted octanol–water partition coefficient (Wildman–Crippen LogP) is 1.09. The van der Waals surface area contributed by atoms with Gasteiger partial charge in [0, 0.05) is 17.6 Å². The van der Waals surface area contributed by atoms with E-state index in [1.54, 1.807) is 6.20 Å². The third-order valence-corrected chi connectivity index (χ3v) is 3.91. The molecule has 0 saturated carbocycles. The minimum atomic E-state index is -0.228. The van der Waals surface area contributed by atoms with Gasteiger partial charge in [-0.1, -0.05) is 6.92 Å². The fraction of sp³-hybridized carbons (Fsp3) is 0.625. The standard InChI is InChI=1S/C8H13N3S/c1-6-8(9,2-5-12-6)7-10-3-4-11-7/h3-4,6H,2,5,9H2,1H3,(H,10,11)/t6-,8+/m0/s1. The highest BCUT2D eigenvalue weighted by Crippen LogP contribution is 2.39. The van der Waals surface area contributed by atoms with Crippen molar-refractivity contribution >= 4 is 11.8 Å². The lowest BCUT2D eigenvalue weighted by atomic mass is 9.93. The van der Waals surface area contributed by atoms with Gasteiger partial charge in [-0.05, 0) is 12.2 Å². The molecule has 0 spiro atoms. The summed E-state index contributed by atoms with van der Waals surface area (Å²) in [6.45, 7) is 2.17. The molecule has 4 heteroatoms. The quantitative estimate of drug-likeness (QED) is 0.685. The highest BCUT2D eigenvalue weighted by Gasteiger charge is 2.40. The van der Waals surface area contributed by atoms with Gasteiger partial charge in [0.2, 0.25) is 0 Å². The topological polar surface area (TPSA) is 54.7 Å². The third-order valence-electron chi connectivity index (χ3n) is 2.55. The first-order valence-electron chi connectivity index (χ1n) is 4.14. The number of thioether (sulfide) groups is 1. The fourth-order valence-electron chi connectivity index (χ4n) is 1.59. The van der Waals surface area contributed by atoms with Crippen LogP contribution in [0.2, 0.25) is 0 Å². The van der Waals surface area contributed by atoms with Gasteiger partial charge in [0.1, 0.15) is 5.82 Å². The normalized spacial score (nSPS) is 35.7. The van der Waals surface area contributed by atoms with Crippen molar-refractivity contribution in [3.05, 3.63) is 18.2 Å². The summed E-state index contributed by atoms with van der Waals surface area (Å²) < 4.78 is 0. The molecule has 1 aliphatic rings. The maximum Gasteiger partial charge on any atom is 0.127 e. The molecule has 0 bridgehead atoms. The van der Waals surface area contributed by atoms with Gasteiger partial charge in [-0.3, -0.25) is 0 Å². The van der Waals surface area contributed by atoms with Gasteiger partial charge in [-0.25, -0.2) is 4.98 Å². The van der Waals surface area contributed by atoms with E-state index in [2.05, 4.69) is 16.9 Å². The number of hydrogen-bond donors (Lipinski definition) is 2. The van der Waals surface area contributed by atoms with Gasteiger partial charge < -0.3 is 10.7 Å². The summed E-state index contributed by atoms with van der Waals surface area (Å²) in [5, 5.41) is 0.462. The van der Waals surface area contributed by atoms with Gasteiger partial charge in [0.15, 0.2) is 0 Å². The zero-order valence-electron chi connectivity index (χ0n) is 7.08. The number of nitrogens with two attached hydrogens (primary N) is 1. The average molecular weight is 183 g/mol. The van der Waals surface area contributed by atoms with Crippen LogP contribution in [0, 0.1) is 0 Å². The average Bonchev–Trinajstić information content (AvgIpc) is 2.62. The first-order chi connectivity index (χ1) is 5.73. The zero-order valence-corrected chi connectivity index (χ0v) is 7.90. The van der Waals surface area contributed by atoms with E-state index in [1.165, 1.54) is 0 Å². The molecule has 3 N–H and O–H groups in total. The Balaban J connectivity index is 2.32. The molecule has 1 aromatic rings. The van der Waals surface area contributed by atoms with E-state index in [0.717, 1.165) is 18.0 Å². The summed E-state index contributed by atoms with van der Waals surface area (Å²) in [4.78, 5) is 7.33. The smallest absolute Gasteiger partial charge is 0.127 e. The van der Waals surface area contributed by atoms with E-state index in [9.17, 15) is 0 Å². The van der Waals surface area contributed by atoms with Crippen LogP contribution in [-0.4, -0.2) is 21.0 Å². The van der Waals surface area contributed by atoms with E-state index >= 15 is 0 Å². The Labute approximate surface area is 76.1 Å². The molecule has 0 aliphatic carbocycles. The van der Waals surface area contributed by atoms with E-state index in [-0.39, 0.29) is 5.54 Å². The summed E-state index contributed by atoms with van der Waals surface area (Å²) in [7, 11) is 0. The summed E-state index contributed by atoms with van der Waals surface area (Å²) in [6.07, 6.45) is 4.62. The Hall–Kier alpha value is -0.480. The number of H-pyrrole nitrogens is 1. The molecule has 1 aliphatic heterocycles. The first kappa shape index (κ1) is 8.13. The van der Waals surface area contributed by atoms with Crippen molar-refractivity contribution in [2.24, 2.45) is 5.73 Å². The molecule has 0 amide bonds. The lowest BCUT2D eigenvalue weighted by Gasteiger charge is -2.25. The van der Waals surface area contributed by atoms with Crippen molar-refractivity contribution in [1.82, 2.24) is 9.97 Å². The Bertz CT molecular complexity index is 259. The first-order valence-corrected chi connectivity index (χ1v) is 5.19. The van der Waals surface area contributed by atoms with Crippen LogP contribution in [0.3, 0.4) is 0 Å². The maximum absolute atomic E-state index is 6.25. The van der Waals surface area contributed by atoms with Gasteiger partial charge in [0.05, 0.1) is 5.54 Å². The van der Waals surface area contributed by atoms with Crippen LogP contribution in [-0.2, 0) is 5.54 Å². The second-order valence-electron chi connectivity index (χ2n) is 3.24. The van der Waals surface area contributed by atoms with Crippen LogP contribution in [0.25, 0.3) is 0 Å². The largest absolute Gasteiger partial charge is 0.347 e. The fourth-order valence-corrected chi connectivity index (χ4v) is 2.92. The van der Waals surface area contributed by atoms with E-state index in [4.69, 9.17) is 5.73 Å². The molecule has 1 fully saturated rings. The Kier molecular flexibility index (Phi) is 1.88. The van der Waals surface area contributed by atoms with Crippen molar-refractivity contribution in [2.75, 3.05) is 5.75 Å². The molecule has 1 aromatic heterocycles. The minimum absolute atomic E-state index is 0.228. The van der Waals surface area contributed by atoms with Gasteiger partial charge in [-0.15, -0.1) is 0 Å². The highest BCUT2D eigenvalue weighted by molar-refractivity contribution is 8.00. The van der Waals surface area contributed by atoms with Crippen molar-refractivity contribution < 1.29 is 0 Å². The van der Waals surface area contributed by atoms with E-state index < -0.39 is 0 Å². The van der Waals surface area contributed by atoms with Crippen molar-refractivity contribution in [1.29, 1.82) is 0 Å². The number of imidazole rings is 1.